The molecule has 0 unspecified atom stereocenters. The largest absolute Gasteiger partial charge is 0.478 e. The number of aryl methyl sites for hydroxylation is 1. The summed E-state index contributed by atoms with van der Waals surface area (Å²) in [6.07, 6.45) is 8.20. The molecule has 1 aliphatic heterocycles. The van der Waals surface area contributed by atoms with Gasteiger partial charge >= 0.3 is 5.97 Å². The fourth-order valence-corrected chi connectivity index (χ4v) is 5.76. The average molecular weight is 393 g/mol. The van der Waals surface area contributed by atoms with Gasteiger partial charge in [-0.1, -0.05) is 36.8 Å². The van der Waals surface area contributed by atoms with Crippen molar-refractivity contribution in [2.45, 2.75) is 69.9 Å². The molecule has 0 radical (unpaired) electrons. The van der Waals surface area contributed by atoms with E-state index in [2.05, 4.69) is 10.4 Å². The lowest BCUT2D eigenvalue weighted by molar-refractivity contribution is -0.142. The van der Waals surface area contributed by atoms with Gasteiger partial charge < -0.3 is 10.4 Å². The van der Waals surface area contributed by atoms with Gasteiger partial charge in [0.1, 0.15) is 5.56 Å². The number of rotatable bonds is 5. The summed E-state index contributed by atoms with van der Waals surface area (Å²) in [7, 11) is 0. The molecule has 2 heterocycles. The molecule has 2 fully saturated rings. The maximum atomic E-state index is 13.4. The number of aromatic carboxylic acids is 1. The zero-order valence-electron chi connectivity index (χ0n) is 16.6. The van der Waals surface area contributed by atoms with Crippen LogP contribution in [0.25, 0.3) is 0 Å². The van der Waals surface area contributed by atoms with Crippen molar-refractivity contribution in [1.82, 2.24) is 15.1 Å². The van der Waals surface area contributed by atoms with Crippen molar-refractivity contribution in [3.05, 3.63) is 52.8 Å². The monoisotopic (exact) mass is 393 g/mol. The van der Waals surface area contributed by atoms with Crippen LogP contribution < -0.4 is 5.32 Å². The van der Waals surface area contributed by atoms with Gasteiger partial charge in [-0.2, -0.15) is 5.10 Å². The number of hydrogen-bond acceptors (Lipinski definition) is 3. The van der Waals surface area contributed by atoms with Gasteiger partial charge in [0, 0.05) is 6.54 Å². The van der Waals surface area contributed by atoms with Gasteiger partial charge in [-0.25, -0.2) is 4.79 Å². The highest BCUT2D eigenvalue weighted by atomic mass is 16.4. The van der Waals surface area contributed by atoms with E-state index in [1.165, 1.54) is 19.3 Å². The van der Waals surface area contributed by atoms with E-state index in [1.54, 1.807) is 0 Å². The van der Waals surface area contributed by atoms with Gasteiger partial charge in [0.2, 0.25) is 5.91 Å². The van der Waals surface area contributed by atoms with Gasteiger partial charge in [0.05, 0.1) is 23.3 Å². The Morgan fingerprint density at radius 1 is 1.10 bits per heavy atom. The molecule has 3 aliphatic rings. The molecule has 2 saturated carbocycles. The second-order valence-corrected chi connectivity index (χ2v) is 9.09. The Hall–Kier alpha value is -2.63. The normalized spacial score (nSPS) is 21.0. The van der Waals surface area contributed by atoms with Crippen molar-refractivity contribution < 1.29 is 14.7 Å². The number of carboxylic acids is 1. The number of carbonyl (C=O) groups is 2. The Morgan fingerprint density at radius 2 is 1.86 bits per heavy atom. The summed E-state index contributed by atoms with van der Waals surface area (Å²) in [6.45, 7) is 0.919. The molecule has 1 aromatic heterocycles. The van der Waals surface area contributed by atoms with Crippen molar-refractivity contribution in [3.8, 4) is 0 Å². The van der Waals surface area contributed by atoms with Crippen LogP contribution in [0.1, 0.15) is 72.3 Å². The molecule has 0 bridgehead atoms. The Morgan fingerprint density at radius 3 is 2.52 bits per heavy atom. The highest BCUT2D eigenvalue weighted by Crippen LogP contribution is 2.65. The van der Waals surface area contributed by atoms with Gasteiger partial charge in [0.25, 0.3) is 0 Å². The molecule has 2 aromatic rings. The first-order valence-electron chi connectivity index (χ1n) is 10.7. The van der Waals surface area contributed by atoms with Crippen LogP contribution in [0, 0.1) is 5.41 Å². The number of fused-ring (bicyclic) bond motifs is 1. The van der Waals surface area contributed by atoms with Crippen LogP contribution in [-0.2, 0) is 29.7 Å². The summed E-state index contributed by atoms with van der Waals surface area (Å²) >= 11 is 0. The number of benzene rings is 1. The van der Waals surface area contributed by atoms with Crippen LogP contribution >= 0.6 is 0 Å². The number of carboxylic acid groups (broad SMARTS) is 1. The Labute approximate surface area is 170 Å². The van der Waals surface area contributed by atoms with Crippen molar-refractivity contribution in [2.75, 3.05) is 0 Å². The molecular formula is C23H27N3O3. The van der Waals surface area contributed by atoms with Gasteiger partial charge in [-0.3, -0.25) is 9.48 Å². The van der Waals surface area contributed by atoms with Crippen LogP contribution in [0.2, 0.25) is 0 Å². The van der Waals surface area contributed by atoms with Crippen molar-refractivity contribution in [1.29, 1.82) is 0 Å². The lowest BCUT2D eigenvalue weighted by Crippen LogP contribution is -2.60. The lowest BCUT2D eigenvalue weighted by atomic mass is 9.43. The third kappa shape index (κ3) is 2.88. The first kappa shape index (κ1) is 18.4. The number of carbonyl (C=O) groups excluding carboxylic acids is 1. The first-order chi connectivity index (χ1) is 14.0. The standard InChI is InChI=1S/C23H27N3O3/c27-20(28)19-17(25-26-12-5-4-9-18(19)26)13-24-21(29)23(16-7-2-1-3-8-16)14-22(15-23)10-6-11-22/h1-3,7-8H,4-6,9-15H2,(H,24,29)(H,27,28). The van der Waals surface area contributed by atoms with E-state index in [9.17, 15) is 14.7 Å². The van der Waals surface area contributed by atoms with Crippen LogP contribution in [0.3, 0.4) is 0 Å². The molecule has 6 nitrogen and oxygen atoms in total. The van der Waals surface area contributed by atoms with Crippen LogP contribution in [0.15, 0.2) is 30.3 Å². The Kier molecular flexibility index (Phi) is 4.26. The molecule has 0 saturated heterocycles. The highest BCUT2D eigenvalue weighted by molar-refractivity contribution is 5.92. The Balaban J connectivity index is 1.38. The average Bonchev–Trinajstić information content (AvgIpc) is 3.04. The predicted molar refractivity (Wildman–Crippen MR) is 108 cm³/mol. The molecule has 1 aromatic carbocycles. The van der Waals surface area contributed by atoms with E-state index in [1.807, 2.05) is 35.0 Å². The van der Waals surface area contributed by atoms with Gasteiger partial charge in [-0.15, -0.1) is 0 Å². The SMILES string of the molecule is O=C(O)c1c(CNC(=O)C2(c3ccccc3)CC3(CCC3)C2)nn2c1CCCC2. The molecule has 29 heavy (non-hydrogen) atoms. The summed E-state index contributed by atoms with van der Waals surface area (Å²) in [5.74, 6) is -0.948. The molecule has 5 rings (SSSR count). The van der Waals surface area contributed by atoms with Crippen molar-refractivity contribution in [2.24, 2.45) is 5.41 Å². The van der Waals surface area contributed by atoms with E-state index in [0.717, 1.165) is 49.9 Å². The molecule has 1 spiro atoms. The van der Waals surface area contributed by atoms with Crippen molar-refractivity contribution in [3.63, 3.8) is 0 Å². The molecule has 1 amide bonds. The molecule has 2 aliphatic carbocycles. The molecule has 0 atom stereocenters. The second-order valence-electron chi connectivity index (χ2n) is 9.09. The first-order valence-corrected chi connectivity index (χ1v) is 10.7. The summed E-state index contributed by atoms with van der Waals surface area (Å²) in [4.78, 5) is 25.2. The van der Waals surface area contributed by atoms with Crippen LogP contribution in [0.4, 0.5) is 0 Å². The van der Waals surface area contributed by atoms with Crippen molar-refractivity contribution >= 4 is 11.9 Å². The third-order valence-corrected chi connectivity index (χ3v) is 7.32. The molecular weight excluding hydrogens is 366 g/mol. The lowest BCUT2D eigenvalue weighted by Gasteiger charge is -2.60. The smallest absolute Gasteiger partial charge is 0.339 e. The maximum Gasteiger partial charge on any atom is 0.339 e. The summed E-state index contributed by atoms with van der Waals surface area (Å²) in [5, 5.41) is 17.3. The maximum absolute atomic E-state index is 13.4. The van der Waals surface area contributed by atoms with Crippen LogP contribution in [0.5, 0.6) is 0 Å². The minimum atomic E-state index is -0.952. The van der Waals surface area contributed by atoms with E-state index in [-0.39, 0.29) is 18.0 Å². The fraction of sp³-hybridized carbons (Fsp3) is 0.522. The van der Waals surface area contributed by atoms with Gasteiger partial charge in [-0.05, 0) is 55.9 Å². The second kappa shape index (κ2) is 6.71. The quantitative estimate of drug-likeness (QED) is 0.815. The minimum absolute atomic E-state index is 0.00327. The number of aromatic nitrogens is 2. The molecule has 6 heteroatoms. The number of hydrogen-bond donors (Lipinski definition) is 2. The predicted octanol–water partition coefficient (Wildman–Crippen LogP) is 3.44. The number of nitrogens with one attached hydrogen (secondary N) is 1. The minimum Gasteiger partial charge on any atom is -0.478 e. The fourth-order valence-electron chi connectivity index (χ4n) is 5.76. The van der Waals surface area contributed by atoms with Gasteiger partial charge in [0.15, 0.2) is 0 Å². The summed E-state index contributed by atoms with van der Waals surface area (Å²) < 4.78 is 1.81. The zero-order valence-corrected chi connectivity index (χ0v) is 16.6. The summed E-state index contributed by atoms with van der Waals surface area (Å²) in [5.41, 5.74) is 2.46. The Bertz CT molecular complexity index is 951. The van der Waals surface area contributed by atoms with E-state index < -0.39 is 11.4 Å². The van der Waals surface area contributed by atoms with E-state index in [0.29, 0.717) is 11.1 Å². The number of amides is 1. The summed E-state index contributed by atoms with van der Waals surface area (Å²) in [6, 6.07) is 10.0. The molecule has 2 N–H and O–H groups in total. The molecule has 152 valence electrons. The van der Waals surface area contributed by atoms with E-state index in [4.69, 9.17) is 0 Å². The topological polar surface area (TPSA) is 84.2 Å². The highest BCUT2D eigenvalue weighted by Gasteiger charge is 2.61. The van der Waals surface area contributed by atoms with Crippen LogP contribution in [-0.4, -0.2) is 26.8 Å². The van der Waals surface area contributed by atoms with E-state index >= 15 is 0 Å². The zero-order chi connectivity index (χ0) is 20.1. The number of nitrogens with zero attached hydrogens (tertiary/aromatic N) is 2. The third-order valence-electron chi connectivity index (χ3n) is 7.32.